The van der Waals surface area contributed by atoms with E-state index in [1.807, 2.05) is 0 Å². The summed E-state index contributed by atoms with van der Waals surface area (Å²) in [5, 5.41) is 0. The molecule has 104 valence electrons. The molecule has 0 radical (unpaired) electrons. The van der Waals surface area contributed by atoms with Crippen molar-refractivity contribution in [3.05, 3.63) is 75.9 Å². The fourth-order valence-electron chi connectivity index (χ4n) is 3.64. The van der Waals surface area contributed by atoms with Crippen LogP contribution in [-0.2, 0) is 0 Å². The van der Waals surface area contributed by atoms with Crippen molar-refractivity contribution >= 4 is 18.2 Å². The van der Waals surface area contributed by atoms with E-state index in [0.29, 0.717) is 5.92 Å². The van der Waals surface area contributed by atoms with E-state index in [9.17, 15) is 0 Å². The zero-order chi connectivity index (χ0) is 14.4. The Bertz CT molecular complexity index is 765. The summed E-state index contributed by atoms with van der Waals surface area (Å²) in [6, 6.07) is 15.4. The second-order valence-corrected chi connectivity index (χ2v) is 6.20. The van der Waals surface area contributed by atoms with Crippen molar-refractivity contribution in [1.29, 1.82) is 0 Å². The SMILES string of the molecule is CN(C)CC1=Cc2cccc3c2[C@H]1c1ccccc1C=C3. The Balaban J connectivity index is 1.96. The monoisotopic (exact) mass is 273 g/mol. The third-order valence-corrected chi connectivity index (χ3v) is 4.42. The number of benzene rings is 2. The second-order valence-electron chi connectivity index (χ2n) is 6.20. The van der Waals surface area contributed by atoms with Crippen LogP contribution in [0.1, 0.15) is 33.7 Å². The van der Waals surface area contributed by atoms with Gasteiger partial charge < -0.3 is 4.90 Å². The maximum atomic E-state index is 2.39. The van der Waals surface area contributed by atoms with Gasteiger partial charge in [-0.1, -0.05) is 60.7 Å². The molecule has 0 heterocycles. The molecule has 2 aromatic rings. The molecule has 0 saturated carbocycles. The van der Waals surface area contributed by atoms with Crippen molar-refractivity contribution in [2.24, 2.45) is 0 Å². The number of rotatable bonds is 2. The number of fused-ring (bicyclic) bond motifs is 2. The first-order chi connectivity index (χ1) is 10.2. The van der Waals surface area contributed by atoms with Gasteiger partial charge in [-0.05, 0) is 47.5 Å². The number of likely N-dealkylation sites (N-methyl/N-ethyl adjacent to an activating group) is 1. The lowest BCUT2D eigenvalue weighted by Crippen LogP contribution is -2.18. The molecule has 0 unspecified atom stereocenters. The van der Waals surface area contributed by atoms with Crippen LogP contribution in [0.3, 0.4) is 0 Å². The Kier molecular flexibility index (Phi) is 2.83. The summed E-state index contributed by atoms with van der Waals surface area (Å²) in [4.78, 5) is 2.26. The molecule has 2 aliphatic rings. The van der Waals surface area contributed by atoms with Gasteiger partial charge in [0.15, 0.2) is 0 Å². The highest BCUT2D eigenvalue weighted by Gasteiger charge is 2.30. The van der Waals surface area contributed by atoms with Crippen molar-refractivity contribution in [2.45, 2.75) is 5.92 Å². The minimum atomic E-state index is 0.407. The lowest BCUT2D eigenvalue weighted by atomic mass is 9.85. The van der Waals surface area contributed by atoms with E-state index >= 15 is 0 Å². The summed E-state index contributed by atoms with van der Waals surface area (Å²) in [6.45, 7) is 1.01. The van der Waals surface area contributed by atoms with Gasteiger partial charge in [0.25, 0.3) is 0 Å². The summed E-state index contributed by atoms with van der Waals surface area (Å²) < 4.78 is 0. The molecule has 1 nitrogen and oxygen atoms in total. The zero-order valence-electron chi connectivity index (χ0n) is 12.5. The van der Waals surface area contributed by atoms with Gasteiger partial charge in [-0.15, -0.1) is 0 Å². The van der Waals surface area contributed by atoms with Crippen LogP contribution in [0.25, 0.3) is 18.2 Å². The molecule has 4 rings (SSSR count). The summed E-state index contributed by atoms with van der Waals surface area (Å²) in [5.74, 6) is 0.407. The van der Waals surface area contributed by atoms with Crippen molar-refractivity contribution in [2.75, 3.05) is 20.6 Å². The van der Waals surface area contributed by atoms with Gasteiger partial charge in [-0.2, -0.15) is 0 Å². The van der Waals surface area contributed by atoms with Crippen molar-refractivity contribution in [1.82, 2.24) is 4.90 Å². The van der Waals surface area contributed by atoms with Crippen molar-refractivity contribution in [3.8, 4) is 0 Å². The van der Waals surface area contributed by atoms with Crippen LogP contribution in [0.5, 0.6) is 0 Å². The Hall–Kier alpha value is -2.12. The van der Waals surface area contributed by atoms with Crippen LogP contribution in [0, 0.1) is 0 Å². The molecule has 0 fully saturated rings. The second kappa shape index (κ2) is 4.71. The molecule has 1 heteroatoms. The largest absolute Gasteiger partial charge is 0.305 e. The maximum absolute atomic E-state index is 2.39. The fraction of sp³-hybridized carbons (Fsp3) is 0.200. The molecule has 2 aromatic carbocycles. The quantitative estimate of drug-likeness (QED) is 0.790. The molecular weight excluding hydrogens is 254 g/mol. The maximum Gasteiger partial charge on any atom is 0.0332 e. The molecule has 1 atom stereocenters. The molecular formula is C20H19N. The van der Waals surface area contributed by atoms with Gasteiger partial charge in [0.1, 0.15) is 0 Å². The number of hydrogen-bond acceptors (Lipinski definition) is 1. The molecule has 0 aromatic heterocycles. The van der Waals surface area contributed by atoms with E-state index in [0.717, 1.165) is 6.54 Å². The van der Waals surface area contributed by atoms with Gasteiger partial charge >= 0.3 is 0 Å². The molecule has 0 aliphatic heterocycles. The Morgan fingerprint density at radius 1 is 0.857 bits per heavy atom. The van der Waals surface area contributed by atoms with Gasteiger partial charge in [0.2, 0.25) is 0 Å². The summed E-state index contributed by atoms with van der Waals surface area (Å²) in [7, 11) is 4.29. The van der Waals surface area contributed by atoms with Gasteiger partial charge in [0, 0.05) is 12.5 Å². The van der Waals surface area contributed by atoms with Crippen LogP contribution in [0.2, 0.25) is 0 Å². The minimum absolute atomic E-state index is 0.407. The predicted octanol–water partition coefficient (Wildman–Crippen LogP) is 4.26. The molecule has 0 N–H and O–H groups in total. The van der Waals surface area contributed by atoms with E-state index in [2.05, 4.69) is 79.7 Å². The summed E-state index contributed by atoms with van der Waals surface area (Å²) in [6.07, 6.45) is 6.92. The van der Waals surface area contributed by atoms with Gasteiger partial charge in [0.05, 0.1) is 0 Å². The topological polar surface area (TPSA) is 3.24 Å². The molecule has 2 aliphatic carbocycles. The molecule has 21 heavy (non-hydrogen) atoms. The molecule has 0 bridgehead atoms. The third-order valence-electron chi connectivity index (χ3n) is 4.42. The van der Waals surface area contributed by atoms with Crippen LogP contribution in [-0.4, -0.2) is 25.5 Å². The lowest BCUT2D eigenvalue weighted by Gasteiger charge is -2.22. The van der Waals surface area contributed by atoms with Crippen LogP contribution in [0.15, 0.2) is 48.0 Å². The summed E-state index contributed by atoms with van der Waals surface area (Å²) >= 11 is 0. The average Bonchev–Trinajstić information content (AvgIpc) is 2.72. The van der Waals surface area contributed by atoms with Gasteiger partial charge in [-0.3, -0.25) is 0 Å². The highest BCUT2D eigenvalue weighted by atomic mass is 15.0. The first kappa shape index (κ1) is 12.6. The highest BCUT2D eigenvalue weighted by molar-refractivity contribution is 5.83. The normalized spacial score (nSPS) is 18.2. The van der Waals surface area contributed by atoms with Crippen LogP contribution >= 0.6 is 0 Å². The standard InChI is InChI=1S/C20H19N/c1-21(2)13-17-12-16-8-5-7-15-11-10-14-6-3-4-9-18(14)20(17)19(15)16/h3-12,20H,13H2,1-2H3/t20-/m1/s1. The molecule has 0 saturated heterocycles. The Labute approximate surface area is 126 Å². The minimum Gasteiger partial charge on any atom is -0.305 e. The molecule has 0 amide bonds. The van der Waals surface area contributed by atoms with E-state index in [1.165, 1.54) is 33.4 Å². The number of hydrogen-bond donors (Lipinski definition) is 0. The van der Waals surface area contributed by atoms with Gasteiger partial charge in [-0.25, -0.2) is 0 Å². The molecule has 0 spiro atoms. The highest BCUT2D eigenvalue weighted by Crippen LogP contribution is 2.46. The number of nitrogens with zero attached hydrogens (tertiary/aromatic N) is 1. The van der Waals surface area contributed by atoms with Crippen molar-refractivity contribution in [3.63, 3.8) is 0 Å². The Morgan fingerprint density at radius 2 is 1.57 bits per heavy atom. The van der Waals surface area contributed by atoms with E-state index in [-0.39, 0.29) is 0 Å². The third kappa shape index (κ3) is 1.97. The van der Waals surface area contributed by atoms with E-state index in [4.69, 9.17) is 0 Å². The first-order valence-electron chi connectivity index (χ1n) is 7.49. The average molecular weight is 273 g/mol. The first-order valence-corrected chi connectivity index (χ1v) is 7.49. The predicted molar refractivity (Wildman–Crippen MR) is 90.2 cm³/mol. The summed E-state index contributed by atoms with van der Waals surface area (Å²) in [5.41, 5.74) is 8.50. The van der Waals surface area contributed by atoms with Crippen LogP contribution < -0.4 is 0 Å². The lowest BCUT2D eigenvalue weighted by molar-refractivity contribution is 0.440. The van der Waals surface area contributed by atoms with Crippen LogP contribution in [0.4, 0.5) is 0 Å². The fourth-order valence-corrected chi connectivity index (χ4v) is 3.64. The smallest absolute Gasteiger partial charge is 0.0332 e. The Morgan fingerprint density at radius 3 is 2.43 bits per heavy atom. The van der Waals surface area contributed by atoms with E-state index in [1.54, 1.807) is 0 Å². The zero-order valence-corrected chi connectivity index (χ0v) is 12.5. The van der Waals surface area contributed by atoms with E-state index < -0.39 is 0 Å². The van der Waals surface area contributed by atoms with Crippen molar-refractivity contribution < 1.29 is 0 Å².